The van der Waals surface area contributed by atoms with Crippen LogP contribution in [0.25, 0.3) is 0 Å². The number of nitrogens with zero attached hydrogens (tertiary/aromatic N) is 1. The fraction of sp³-hybridized carbons (Fsp3) is 0.571. The van der Waals surface area contributed by atoms with Crippen molar-refractivity contribution >= 4 is 0 Å². The van der Waals surface area contributed by atoms with Crippen molar-refractivity contribution < 1.29 is 9.47 Å². The molecule has 0 unspecified atom stereocenters. The zero-order valence-electron chi connectivity index (χ0n) is 11.3. The van der Waals surface area contributed by atoms with Gasteiger partial charge in [-0.15, -0.1) is 0 Å². The largest absolute Gasteiger partial charge is 0.493 e. The van der Waals surface area contributed by atoms with E-state index in [1.165, 1.54) is 11.1 Å². The minimum atomic E-state index is 0.0487. The summed E-state index contributed by atoms with van der Waals surface area (Å²) in [7, 11) is 5.54. The van der Waals surface area contributed by atoms with Gasteiger partial charge in [0.2, 0.25) is 0 Å². The van der Waals surface area contributed by atoms with Crippen LogP contribution >= 0.6 is 0 Å². The van der Waals surface area contributed by atoms with Crippen LogP contribution < -0.4 is 9.47 Å². The lowest BCUT2D eigenvalue weighted by atomic mass is 9.83. The maximum absolute atomic E-state index is 5.39. The molecule has 1 heterocycles. The molecular formula is C14H21NO2. The average molecular weight is 235 g/mol. The minimum Gasteiger partial charge on any atom is -0.493 e. The van der Waals surface area contributed by atoms with Crippen LogP contribution in [0.2, 0.25) is 0 Å². The minimum absolute atomic E-state index is 0.0487. The molecule has 0 bridgehead atoms. The molecule has 0 fully saturated rings. The molecule has 0 atom stereocenters. The van der Waals surface area contributed by atoms with Crippen LogP contribution in [0.1, 0.15) is 25.0 Å². The highest BCUT2D eigenvalue weighted by Gasteiger charge is 2.33. The molecule has 0 saturated heterocycles. The molecule has 1 aliphatic heterocycles. The summed E-state index contributed by atoms with van der Waals surface area (Å²) in [5.41, 5.74) is 2.75. The van der Waals surface area contributed by atoms with E-state index in [9.17, 15) is 0 Å². The van der Waals surface area contributed by atoms with Gasteiger partial charge in [0.1, 0.15) is 0 Å². The molecule has 0 amide bonds. The molecule has 0 saturated carbocycles. The van der Waals surface area contributed by atoms with E-state index in [4.69, 9.17) is 9.47 Å². The third-order valence-corrected chi connectivity index (χ3v) is 3.94. The van der Waals surface area contributed by atoms with Gasteiger partial charge in [-0.05, 0) is 50.6 Å². The van der Waals surface area contributed by atoms with Gasteiger partial charge in [-0.1, -0.05) is 0 Å². The van der Waals surface area contributed by atoms with Crippen molar-refractivity contribution in [2.24, 2.45) is 0 Å². The van der Waals surface area contributed by atoms with Crippen LogP contribution in [0.15, 0.2) is 12.1 Å². The predicted octanol–water partition coefficient (Wildman–Crippen LogP) is 2.43. The number of hydrogen-bond donors (Lipinski definition) is 0. The Balaban J connectivity index is 2.57. The number of benzene rings is 1. The van der Waals surface area contributed by atoms with Crippen molar-refractivity contribution in [3.8, 4) is 11.5 Å². The molecule has 3 nitrogen and oxygen atoms in total. The molecule has 1 aliphatic rings. The lowest BCUT2D eigenvalue weighted by Crippen LogP contribution is -2.44. The van der Waals surface area contributed by atoms with Crippen molar-refractivity contribution in [1.82, 2.24) is 4.90 Å². The topological polar surface area (TPSA) is 21.7 Å². The zero-order chi connectivity index (χ0) is 12.6. The zero-order valence-corrected chi connectivity index (χ0v) is 11.3. The summed E-state index contributed by atoms with van der Waals surface area (Å²) in [6.45, 7) is 5.57. The molecular weight excluding hydrogens is 214 g/mol. The molecule has 2 rings (SSSR count). The number of hydrogen-bond acceptors (Lipinski definition) is 3. The van der Waals surface area contributed by atoms with E-state index in [1.54, 1.807) is 14.2 Å². The molecule has 3 heteroatoms. The van der Waals surface area contributed by atoms with E-state index >= 15 is 0 Å². The van der Waals surface area contributed by atoms with Crippen molar-refractivity contribution in [2.75, 3.05) is 27.8 Å². The Morgan fingerprint density at radius 3 is 2.29 bits per heavy atom. The van der Waals surface area contributed by atoms with Gasteiger partial charge in [-0.25, -0.2) is 0 Å². The highest BCUT2D eigenvalue weighted by Crippen LogP contribution is 2.40. The Morgan fingerprint density at radius 1 is 1.12 bits per heavy atom. The van der Waals surface area contributed by atoms with Crippen LogP contribution in [0.3, 0.4) is 0 Å². The first-order valence-corrected chi connectivity index (χ1v) is 5.97. The van der Waals surface area contributed by atoms with Crippen molar-refractivity contribution in [1.29, 1.82) is 0 Å². The van der Waals surface area contributed by atoms with E-state index in [0.29, 0.717) is 0 Å². The lowest BCUT2D eigenvalue weighted by molar-refractivity contribution is 0.143. The summed E-state index contributed by atoms with van der Waals surface area (Å²) >= 11 is 0. The third-order valence-electron chi connectivity index (χ3n) is 3.94. The van der Waals surface area contributed by atoms with Gasteiger partial charge in [0.25, 0.3) is 0 Å². The second-order valence-corrected chi connectivity index (χ2v) is 5.09. The van der Waals surface area contributed by atoms with E-state index < -0.39 is 0 Å². The molecule has 1 aromatic carbocycles. The Kier molecular flexibility index (Phi) is 3.04. The van der Waals surface area contributed by atoms with E-state index in [-0.39, 0.29) is 5.54 Å². The highest BCUT2D eigenvalue weighted by molar-refractivity contribution is 5.50. The van der Waals surface area contributed by atoms with Gasteiger partial charge in [0, 0.05) is 12.1 Å². The molecule has 0 N–H and O–H groups in total. The molecule has 0 spiro atoms. The molecule has 0 aliphatic carbocycles. The van der Waals surface area contributed by atoms with Crippen LogP contribution in [-0.2, 0) is 12.0 Å². The molecule has 0 radical (unpaired) electrons. The third kappa shape index (κ3) is 1.89. The van der Waals surface area contributed by atoms with E-state index in [1.807, 2.05) is 0 Å². The number of ether oxygens (including phenoxy) is 2. The summed E-state index contributed by atoms with van der Waals surface area (Å²) in [6, 6.07) is 4.23. The van der Waals surface area contributed by atoms with Crippen LogP contribution in [0.5, 0.6) is 11.5 Å². The fourth-order valence-corrected chi connectivity index (χ4v) is 2.47. The summed E-state index contributed by atoms with van der Waals surface area (Å²) in [6.07, 6.45) is 1.07. The first-order chi connectivity index (χ1) is 8.00. The monoisotopic (exact) mass is 235 g/mol. The number of fused-ring (bicyclic) bond motifs is 1. The summed E-state index contributed by atoms with van der Waals surface area (Å²) in [5.74, 6) is 1.64. The van der Waals surface area contributed by atoms with E-state index in [2.05, 4.69) is 37.9 Å². The van der Waals surface area contributed by atoms with Crippen LogP contribution in [-0.4, -0.2) is 32.7 Å². The van der Waals surface area contributed by atoms with Crippen molar-refractivity contribution in [3.05, 3.63) is 23.3 Å². The van der Waals surface area contributed by atoms with E-state index in [0.717, 1.165) is 24.5 Å². The average Bonchev–Trinajstić information content (AvgIpc) is 2.33. The molecule has 94 valence electrons. The lowest BCUT2D eigenvalue weighted by Gasteiger charge is -2.41. The Morgan fingerprint density at radius 2 is 1.71 bits per heavy atom. The van der Waals surface area contributed by atoms with Crippen molar-refractivity contribution in [2.45, 2.75) is 25.8 Å². The van der Waals surface area contributed by atoms with Gasteiger partial charge in [-0.3, -0.25) is 4.90 Å². The van der Waals surface area contributed by atoms with Crippen molar-refractivity contribution in [3.63, 3.8) is 0 Å². The summed E-state index contributed by atoms with van der Waals surface area (Å²) in [5, 5.41) is 0. The SMILES string of the molecule is COc1cc2c(cc1OC)C(C)(C)N(C)CC2. The quantitative estimate of drug-likeness (QED) is 0.786. The Hall–Kier alpha value is -1.22. The maximum Gasteiger partial charge on any atom is 0.161 e. The summed E-state index contributed by atoms with van der Waals surface area (Å²) in [4.78, 5) is 2.38. The maximum atomic E-state index is 5.39. The fourth-order valence-electron chi connectivity index (χ4n) is 2.47. The normalized spacial score (nSPS) is 18.6. The van der Waals surface area contributed by atoms with Gasteiger partial charge in [-0.2, -0.15) is 0 Å². The predicted molar refractivity (Wildman–Crippen MR) is 68.9 cm³/mol. The second kappa shape index (κ2) is 4.22. The highest BCUT2D eigenvalue weighted by atomic mass is 16.5. The standard InChI is InChI=1S/C14H21NO2/c1-14(2)11-9-13(17-5)12(16-4)8-10(11)6-7-15(14)3/h8-9H,6-7H2,1-5H3. The second-order valence-electron chi connectivity index (χ2n) is 5.09. The number of rotatable bonds is 2. The number of likely N-dealkylation sites (N-methyl/N-ethyl adjacent to an activating group) is 1. The van der Waals surface area contributed by atoms with Crippen LogP contribution in [0, 0.1) is 0 Å². The summed E-state index contributed by atoms with van der Waals surface area (Å²) < 4.78 is 10.7. The Labute approximate surface area is 103 Å². The first kappa shape index (κ1) is 12.2. The smallest absolute Gasteiger partial charge is 0.161 e. The van der Waals surface area contributed by atoms with Crippen LogP contribution in [0.4, 0.5) is 0 Å². The molecule has 17 heavy (non-hydrogen) atoms. The van der Waals surface area contributed by atoms with Gasteiger partial charge in [0.15, 0.2) is 11.5 Å². The molecule has 0 aromatic heterocycles. The van der Waals surface area contributed by atoms with Gasteiger partial charge < -0.3 is 9.47 Å². The molecule has 1 aromatic rings. The van der Waals surface area contributed by atoms with Gasteiger partial charge >= 0.3 is 0 Å². The Bertz CT molecular complexity index is 426. The van der Waals surface area contributed by atoms with Gasteiger partial charge in [0.05, 0.1) is 14.2 Å². The number of methoxy groups -OCH3 is 2. The first-order valence-electron chi connectivity index (χ1n) is 5.97.